The molecular weight excluding hydrogens is 230 g/mol. The summed E-state index contributed by atoms with van der Waals surface area (Å²) in [5.41, 5.74) is 0. The maximum Gasteiger partial charge on any atom is 1.00 e. The van der Waals surface area contributed by atoms with E-state index in [2.05, 4.69) is 0 Å². The Balaban J connectivity index is 0.00000112. The van der Waals surface area contributed by atoms with E-state index >= 15 is 0 Å². The molecule has 0 amide bonds. The Labute approximate surface area is 139 Å². The van der Waals surface area contributed by atoms with Gasteiger partial charge in [-0.1, -0.05) is 6.42 Å². The quantitative estimate of drug-likeness (QED) is 0.450. The monoisotopic (exact) mass is 242 g/mol. The van der Waals surface area contributed by atoms with Gasteiger partial charge in [-0.05, 0) is 31.1 Å². The average molecular weight is 242 g/mol. The normalized spacial score (nSPS) is 35.8. The van der Waals surface area contributed by atoms with Gasteiger partial charge in [0.25, 0.3) is 0 Å². The van der Waals surface area contributed by atoms with Crippen LogP contribution < -0.4 is 69.3 Å². The second-order valence-corrected chi connectivity index (χ2v) is 4.45. The molecule has 2 fully saturated rings. The maximum atomic E-state index is 10.9. The van der Waals surface area contributed by atoms with E-state index in [-0.39, 0.29) is 65.0 Å². The van der Waals surface area contributed by atoms with Crippen molar-refractivity contribution in [1.29, 1.82) is 0 Å². The predicted molar refractivity (Wildman–Crippen MR) is 42.4 cm³/mol. The summed E-state index contributed by atoms with van der Waals surface area (Å²) in [5.74, 6) is -3.70. The van der Waals surface area contributed by atoms with Crippen molar-refractivity contribution in [2.75, 3.05) is 0 Å². The predicted octanol–water partition coefficient (Wildman–Crippen LogP) is -7.45. The summed E-state index contributed by atoms with van der Waals surface area (Å²) < 4.78 is 0. The Morgan fingerprint density at radius 2 is 1.56 bits per heavy atom. The number of carbonyl (C=O) groups is 2. The first kappa shape index (κ1) is 16.9. The van der Waals surface area contributed by atoms with Gasteiger partial charge in [0.1, 0.15) is 0 Å². The van der Waals surface area contributed by atoms with Gasteiger partial charge in [0, 0.05) is 23.8 Å². The van der Waals surface area contributed by atoms with Gasteiger partial charge in [0.05, 0.1) is 0 Å². The fourth-order valence-corrected chi connectivity index (χ4v) is 3.09. The first-order valence-corrected chi connectivity index (χ1v) is 5.01. The van der Waals surface area contributed by atoms with Crippen molar-refractivity contribution in [2.24, 2.45) is 23.7 Å². The van der Waals surface area contributed by atoms with Crippen molar-refractivity contribution in [3.8, 4) is 0 Å². The van der Waals surface area contributed by atoms with Gasteiger partial charge in [-0.25, -0.2) is 0 Å². The molecule has 2 aliphatic carbocycles. The molecule has 78 valence electrons. The summed E-state index contributed by atoms with van der Waals surface area (Å²) in [6, 6.07) is 0. The number of carboxylic acid groups (broad SMARTS) is 2. The zero-order valence-corrected chi connectivity index (χ0v) is 13.8. The number of hydrogen-bond acceptors (Lipinski definition) is 4. The van der Waals surface area contributed by atoms with Crippen molar-refractivity contribution in [2.45, 2.75) is 25.7 Å². The molecule has 2 rings (SSSR count). The minimum absolute atomic E-state index is 0. The fourth-order valence-electron chi connectivity index (χ4n) is 3.09. The Morgan fingerprint density at radius 1 is 0.938 bits per heavy atom. The van der Waals surface area contributed by atoms with Crippen molar-refractivity contribution in [1.82, 2.24) is 0 Å². The molecule has 0 aliphatic heterocycles. The van der Waals surface area contributed by atoms with E-state index in [1.165, 1.54) is 0 Å². The molecule has 2 bridgehead atoms. The van der Waals surface area contributed by atoms with Crippen LogP contribution in [0.15, 0.2) is 0 Å². The number of rotatable bonds is 2. The zero-order chi connectivity index (χ0) is 10.3. The molecule has 0 aromatic carbocycles. The van der Waals surface area contributed by atoms with Gasteiger partial charge in [-0.3, -0.25) is 0 Å². The van der Waals surface area contributed by atoms with Crippen molar-refractivity contribution >= 4 is 11.9 Å². The molecule has 0 saturated heterocycles. The van der Waals surface area contributed by atoms with Crippen LogP contribution in [0.25, 0.3) is 0 Å². The summed E-state index contributed by atoms with van der Waals surface area (Å²) >= 11 is 0. The van der Waals surface area contributed by atoms with Gasteiger partial charge in [-0.15, -0.1) is 0 Å². The molecule has 0 N–H and O–H groups in total. The summed E-state index contributed by atoms with van der Waals surface area (Å²) in [7, 11) is 0. The maximum absolute atomic E-state index is 10.9. The SMILES string of the molecule is O=C([O-])C1CC2CCC(C2)C1C(=O)[O-].[Na+].[Na+]. The summed E-state index contributed by atoms with van der Waals surface area (Å²) in [4.78, 5) is 21.6. The van der Waals surface area contributed by atoms with E-state index in [1.54, 1.807) is 0 Å². The third kappa shape index (κ3) is 3.24. The topological polar surface area (TPSA) is 80.3 Å². The minimum atomic E-state index is -1.23. The standard InChI is InChI=1S/C10H14O4.2Na/c11-9(12)7-4-5-1-2-6(3-5)8(7)10(13)14;;/h5-8H,1-4H2,(H,11,12)(H,13,14);;/q;2*+1/p-2. The summed E-state index contributed by atoms with van der Waals surface area (Å²) in [5, 5.41) is 21.6. The van der Waals surface area contributed by atoms with E-state index in [9.17, 15) is 19.8 Å². The number of hydrogen-bond donors (Lipinski definition) is 0. The Morgan fingerprint density at radius 3 is 2.06 bits per heavy atom. The van der Waals surface area contributed by atoms with Crippen LogP contribution >= 0.6 is 0 Å². The molecular formula is C10H12Na2O4. The van der Waals surface area contributed by atoms with Gasteiger partial charge in [0.2, 0.25) is 0 Å². The van der Waals surface area contributed by atoms with Crippen LogP contribution in [0.2, 0.25) is 0 Å². The molecule has 2 aliphatic rings. The third-order valence-electron chi connectivity index (χ3n) is 3.69. The second kappa shape index (κ2) is 6.76. The zero-order valence-electron chi connectivity index (χ0n) is 9.77. The van der Waals surface area contributed by atoms with Crippen molar-refractivity contribution in [3.63, 3.8) is 0 Å². The second-order valence-electron chi connectivity index (χ2n) is 4.45. The molecule has 0 spiro atoms. The van der Waals surface area contributed by atoms with Gasteiger partial charge in [-0.2, -0.15) is 0 Å². The summed E-state index contributed by atoms with van der Waals surface area (Å²) in [6.45, 7) is 0. The van der Waals surface area contributed by atoms with E-state index in [0.29, 0.717) is 12.3 Å². The third-order valence-corrected chi connectivity index (χ3v) is 3.69. The summed E-state index contributed by atoms with van der Waals surface area (Å²) in [6.07, 6.45) is 3.09. The smallest absolute Gasteiger partial charge is 0.550 e. The van der Waals surface area contributed by atoms with E-state index in [1.807, 2.05) is 0 Å². The minimum Gasteiger partial charge on any atom is -0.550 e. The van der Waals surface area contributed by atoms with E-state index in [4.69, 9.17) is 0 Å². The van der Waals surface area contributed by atoms with Crippen LogP contribution in [0.1, 0.15) is 25.7 Å². The number of carbonyl (C=O) groups excluding carboxylic acids is 2. The average Bonchev–Trinajstić information content (AvgIpc) is 2.46. The molecule has 0 aromatic rings. The van der Waals surface area contributed by atoms with Crippen LogP contribution in [-0.2, 0) is 9.59 Å². The van der Waals surface area contributed by atoms with Crippen molar-refractivity contribution < 1.29 is 78.9 Å². The molecule has 4 nitrogen and oxygen atoms in total. The van der Waals surface area contributed by atoms with E-state index < -0.39 is 23.8 Å². The van der Waals surface area contributed by atoms with Crippen LogP contribution in [-0.4, -0.2) is 11.9 Å². The van der Waals surface area contributed by atoms with Crippen LogP contribution in [0.5, 0.6) is 0 Å². The molecule has 0 radical (unpaired) electrons. The number of fused-ring (bicyclic) bond motifs is 2. The Bertz CT molecular complexity index is 282. The Kier molecular flexibility index (Phi) is 7.16. The first-order chi connectivity index (χ1) is 6.59. The molecule has 2 saturated carbocycles. The molecule has 0 heterocycles. The molecule has 4 atom stereocenters. The van der Waals surface area contributed by atoms with Gasteiger partial charge >= 0.3 is 59.1 Å². The number of carboxylic acids is 2. The van der Waals surface area contributed by atoms with Crippen LogP contribution in [0, 0.1) is 23.7 Å². The van der Waals surface area contributed by atoms with Gasteiger partial charge in [0.15, 0.2) is 0 Å². The Hall–Kier alpha value is 0.940. The molecule has 16 heavy (non-hydrogen) atoms. The van der Waals surface area contributed by atoms with Crippen LogP contribution in [0.4, 0.5) is 0 Å². The first-order valence-electron chi connectivity index (χ1n) is 5.01. The van der Waals surface area contributed by atoms with Gasteiger partial charge < -0.3 is 19.8 Å². The number of aliphatic carboxylic acids is 2. The molecule has 6 heteroatoms. The largest absolute Gasteiger partial charge is 1.00 e. The van der Waals surface area contributed by atoms with E-state index in [0.717, 1.165) is 19.3 Å². The fraction of sp³-hybridized carbons (Fsp3) is 0.800. The van der Waals surface area contributed by atoms with Crippen LogP contribution in [0.3, 0.4) is 0 Å². The van der Waals surface area contributed by atoms with Crippen molar-refractivity contribution in [3.05, 3.63) is 0 Å². The molecule has 4 unspecified atom stereocenters. The molecule has 0 aromatic heterocycles.